The van der Waals surface area contributed by atoms with Crippen LogP contribution in [-0.4, -0.2) is 11.0 Å². The van der Waals surface area contributed by atoms with Gasteiger partial charge in [0.2, 0.25) is 0 Å². The summed E-state index contributed by atoms with van der Waals surface area (Å²) in [7, 11) is 0. The van der Waals surface area contributed by atoms with E-state index in [1.54, 1.807) is 18.2 Å². The lowest BCUT2D eigenvalue weighted by Crippen LogP contribution is -2.21. The molecule has 1 atom stereocenters. The molecular formula is C19H19NO4S. The van der Waals surface area contributed by atoms with Crippen LogP contribution in [0.2, 0.25) is 0 Å². The quantitative estimate of drug-likeness (QED) is 0.511. The normalized spacial score (nSPS) is 12.5. The van der Waals surface area contributed by atoms with Gasteiger partial charge in [-0.15, -0.1) is 11.3 Å². The number of aryl methyl sites for hydroxylation is 2. The summed E-state index contributed by atoms with van der Waals surface area (Å²) in [6.07, 6.45) is -0.504. The number of nitrogens with zero attached hydrogens (tertiary/aromatic N) is 1. The summed E-state index contributed by atoms with van der Waals surface area (Å²) >= 11 is 1.50. The zero-order valence-corrected chi connectivity index (χ0v) is 15.3. The van der Waals surface area contributed by atoms with Gasteiger partial charge in [-0.25, -0.2) is 14.6 Å². The molecule has 0 fully saturated rings. The maximum absolute atomic E-state index is 12.6. The van der Waals surface area contributed by atoms with E-state index in [0.717, 1.165) is 15.6 Å². The van der Waals surface area contributed by atoms with Crippen LogP contribution in [0.5, 0.6) is 0 Å². The summed E-state index contributed by atoms with van der Waals surface area (Å²) in [6.45, 7) is 7.81. The zero-order chi connectivity index (χ0) is 18.1. The third kappa shape index (κ3) is 3.49. The van der Waals surface area contributed by atoms with Crippen LogP contribution in [0.1, 0.15) is 45.9 Å². The minimum Gasteiger partial charge on any atom is -0.451 e. The van der Waals surface area contributed by atoms with Gasteiger partial charge in [-0.1, -0.05) is 32.0 Å². The highest BCUT2D eigenvalue weighted by Crippen LogP contribution is 2.31. The van der Waals surface area contributed by atoms with Crippen molar-refractivity contribution in [2.45, 2.75) is 33.8 Å². The average Bonchev–Trinajstić information content (AvgIpc) is 2.90. The number of ether oxygens (including phenoxy) is 1. The average molecular weight is 357 g/mol. The van der Waals surface area contributed by atoms with E-state index in [1.165, 1.54) is 17.4 Å². The van der Waals surface area contributed by atoms with Crippen LogP contribution in [0.25, 0.3) is 11.0 Å². The molecule has 1 aromatic carbocycles. The number of benzene rings is 1. The molecule has 25 heavy (non-hydrogen) atoms. The highest BCUT2D eigenvalue weighted by Gasteiger charge is 2.26. The third-order valence-electron chi connectivity index (χ3n) is 3.99. The SMILES string of the molecule is Cc1nc(C(OC(=O)c2cc3ccccc3oc2=O)C(C)C)sc1C. The summed E-state index contributed by atoms with van der Waals surface area (Å²) in [5.74, 6) is -0.662. The first kappa shape index (κ1) is 17.4. The summed E-state index contributed by atoms with van der Waals surface area (Å²) in [5, 5.41) is 1.42. The summed E-state index contributed by atoms with van der Waals surface area (Å²) in [4.78, 5) is 30.3. The Bertz CT molecular complexity index is 967. The van der Waals surface area contributed by atoms with Gasteiger partial charge in [-0.05, 0) is 31.9 Å². The van der Waals surface area contributed by atoms with Crippen molar-refractivity contribution in [1.29, 1.82) is 0 Å². The van der Waals surface area contributed by atoms with Crippen LogP contribution in [0, 0.1) is 19.8 Å². The Morgan fingerprint density at radius 2 is 1.96 bits per heavy atom. The molecule has 0 aliphatic rings. The lowest BCUT2D eigenvalue weighted by Gasteiger charge is -2.19. The van der Waals surface area contributed by atoms with Gasteiger partial charge in [0.15, 0.2) is 6.10 Å². The van der Waals surface area contributed by atoms with E-state index in [0.29, 0.717) is 11.0 Å². The van der Waals surface area contributed by atoms with Crippen molar-refractivity contribution in [2.24, 2.45) is 5.92 Å². The number of para-hydroxylation sites is 1. The molecule has 3 rings (SSSR count). The zero-order valence-electron chi connectivity index (χ0n) is 14.5. The number of aromatic nitrogens is 1. The Morgan fingerprint density at radius 1 is 1.24 bits per heavy atom. The molecule has 5 nitrogen and oxygen atoms in total. The molecule has 0 saturated heterocycles. The Morgan fingerprint density at radius 3 is 2.60 bits per heavy atom. The lowest BCUT2D eigenvalue weighted by atomic mass is 10.1. The van der Waals surface area contributed by atoms with Crippen LogP contribution in [0.4, 0.5) is 0 Å². The van der Waals surface area contributed by atoms with Gasteiger partial charge in [0.1, 0.15) is 16.2 Å². The topological polar surface area (TPSA) is 69.4 Å². The summed E-state index contributed by atoms with van der Waals surface area (Å²) in [6, 6.07) is 8.56. The van der Waals surface area contributed by atoms with Crippen molar-refractivity contribution < 1.29 is 13.9 Å². The Hall–Kier alpha value is -2.47. The molecule has 0 aliphatic heterocycles. The molecule has 0 N–H and O–H groups in total. The number of fused-ring (bicyclic) bond motifs is 1. The minimum absolute atomic E-state index is 0.0291. The van der Waals surface area contributed by atoms with E-state index >= 15 is 0 Å². The fourth-order valence-electron chi connectivity index (χ4n) is 2.47. The molecule has 130 valence electrons. The van der Waals surface area contributed by atoms with Gasteiger partial charge in [-0.3, -0.25) is 0 Å². The second kappa shape index (κ2) is 6.80. The molecule has 6 heteroatoms. The molecule has 2 aromatic heterocycles. The molecule has 0 aliphatic carbocycles. The fraction of sp³-hybridized carbons (Fsp3) is 0.316. The molecule has 0 bridgehead atoms. The first-order valence-electron chi connectivity index (χ1n) is 8.04. The minimum atomic E-state index is -0.697. The van der Waals surface area contributed by atoms with Gasteiger partial charge in [-0.2, -0.15) is 0 Å². The number of hydrogen-bond acceptors (Lipinski definition) is 6. The van der Waals surface area contributed by atoms with Crippen molar-refractivity contribution in [3.8, 4) is 0 Å². The number of thiazole rings is 1. The molecule has 0 amide bonds. The molecular weight excluding hydrogens is 338 g/mol. The Kier molecular flexibility index (Phi) is 4.72. The van der Waals surface area contributed by atoms with Gasteiger partial charge >= 0.3 is 11.6 Å². The molecule has 0 saturated carbocycles. The second-order valence-corrected chi connectivity index (χ2v) is 7.48. The summed E-state index contributed by atoms with van der Waals surface area (Å²) in [5.41, 5.74) is 0.564. The summed E-state index contributed by atoms with van der Waals surface area (Å²) < 4.78 is 10.8. The van der Waals surface area contributed by atoms with Crippen LogP contribution in [-0.2, 0) is 4.74 Å². The van der Waals surface area contributed by atoms with E-state index in [2.05, 4.69) is 4.98 Å². The van der Waals surface area contributed by atoms with Crippen molar-refractivity contribution in [3.05, 3.63) is 61.9 Å². The Balaban J connectivity index is 1.94. The van der Waals surface area contributed by atoms with Crippen LogP contribution < -0.4 is 5.63 Å². The van der Waals surface area contributed by atoms with Crippen LogP contribution >= 0.6 is 11.3 Å². The number of esters is 1. The van der Waals surface area contributed by atoms with E-state index in [1.807, 2.05) is 33.8 Å². The molecule has 0 spiro atoms. The lowest BCUT2D eigenvalue weighted by molar-refractivity contribution is 0.0171. The monoisotopic (exact) mass is 357 g/mol. The van der Waals surface area contributed by atoms with Crippen LogP contribution in [0.15, 0.2) is 39.5 Å². The predicted octanol–water partition coefficient (Wildman–Crippen LogP) is 4.42. The smallest absolute Gasteiger partial charge is 0.351 e. The maximum atomic E-state index is 12.6. The van der Waals surface area contributed by atoms with E-state index in [4.69, 9.17) is 9.15 Å². The molecule has 3 aromatic rings. The number of rotatable bonds is 4. The molecule has 0 radical (unpaired) electrons. The van der Waals surface area contributed by atoms with E-state index in [9.17, 15) is 9.59 Å². The van der Waals surface area contributed by atoms with Crippen molar-refractivity contribution in [3.63, 3.8) is 0 Å². The highest BCUT2D eigenvalue weighted by atomic mass is 32.1. The molecule has 2 heterocycles. The maximum Gasteiger partial charge on any atom is 0.351 e. The van der Waals surface area contributed by atoms with Gasteiger partial charge in [0.25, 0.3) is 0 Å². The van der Waals surface area contributed by atoms with Crippen molar-refractivity contribution in [2.75, 3.05) is 0 Å². The largest absolute Gasteiger partial charge is 0.451 e. The number of hydrogen-bond donors (Lipinski definition) is 0. The number of carbonyl (C=O) groups is 1. The second-order valence-electron chi connectivity index (χ2n) is 6.25. The van der Waals surface area contributed by atoms with Crippen molar-refractivity contribution >= 4 is 28.3 Å². The van der Waals surface area contributed by atoms with Crippen LogP contribution in [0.3, 0.4) is 0 Å². The van der Waals surface area contributed by atoms with Gasteiger partial charge in [0.05, 0.1) is 5.69 Å². The number of carbonyl (C=O) groups excluding carboxylic acids is 1. The van der Waals surface area contributed by atoms with E-state index in [-0.39, 0.29) is 11.5 Å². The first-order valence-corrected chi connectivity index (χ1v) is 8.86. The van der Waals surface area contributed by atoms with Gasteiger partial charge < -0.3 is 9.15 Å². The molecule has 1 unspecified atom stereocenters. The first-order chi connectivity index (χ1) is 11.9. The highest BCUT2D eigenvalue weighted by molar-refractivity contribution is 7.11. The predicted molar refractivity (Wildman–Crippen MR) is 97.1 cm³/mol. The Labute approximate surface area is 149 Å². The standard InChI is InChI=1S/C19H19NO4S/c1-10(2)16(17-20-11(3)12(4)25-17)24-19(22)14-9-13-7-5-6-8-15(13)23-18(14)21/h5-10,16H,1-4H3. The third-order valence-corrected chi connectivity index (χ3v) is 5.12. The van der Waals surface area contributed by atoms with Crippen molar-refractivity contribution in [1.82, 2.24) is 4.98 Å². The van der Waals surface area contributed by atoms with E-state index < -0.39 is 17.7 Å². The fourth-order valence-corrected chi connectivity index (χ4v) is 3.60. The van der Waals surface area contributed by atoms with Gasteiger partial charge in [0, 0.05) is 10.3 Å².